The van der Waals surface area contributed by atoms with Gasteiger partial charge in [-0.05, 0) is 29.7 Å². The molecule has 1 heterocycles. The Bertz CT molecular complexity index is 1080. The molecular weight excluding hydrogens is 417 g/mol. The van der Waals surface area contributed by atoms with Gasteiger partial charge in [-0.2, -0.15) is 13.2 Å². The maximum atomic E-state index is 13.1. The zero-order valence-corrected chi connectivity index (χ0v) is 16.0. The first kappa shape index (κ1) is 22.2. The Hall–Kier alpha value is -3.44. The van der Waals surface area contributed by atoms with E-state index in [4.69, 9.17) is 10.2 Å². The molecule has 0 aliphatic heterocycles. The van der Waals surface area contributed by atoms with Gasteiger partial charge >= 0.3 is 11.9 Å². The summed E-state index contributed by atoms with van der Waals surface area (Å²) >= 11 is 0. The first-order chi connectivity index (χ1) is 14.6. The number of nitrogens with one attached hydrogen (secondary N) is 2. The van der Waals surface area contributed by atoms with E-state index in [1.165, 1.54) is 6.07 Å². The van der Waals surface area contributed by atoms with E-state index in [0.29, 0.717) is 0 Å². The maximum absolute atomic E-state index is 13.1. The van der Waals surface area contributed by atoms with Crippen LogP contribution in [0.15, 0.2) is 63.8 Å². The van der Waals surface area contributed by atoms with Crippen molar-refractivity contribution in [2.75, 3.05) is 0 Å². The van der Waals surface area contributed by atoms with Gasteiger partial charge in [0.15, 0.2) is 0 Å². The van der Waals surface area contributed by atoms with Crippen LogP contribution in [0.25, 0.3) is 0 Å². The van der Waals surface area contributed by atoms with Crippen molar-refractivity contribution in [1.82, 2.24) is 15.5 Å². The van der Waals surface area contributed by atoms with Crippen LogP contribution in [0, 0.1) is 0 Å². The van der Waals surface area contributed by atoms with Gasteiger partial charge in [0.05, 0.1) is 5.56 Å². The van der Waals surface area contributed by atoms with Crippen molar-refractivity contribution >= 4 is 5.91 Å². The molecule has 1 amide bonds. The molecule has 0 bridgehead atoms. The van der Waals surface area contributed by atoms with Gasteiger partial charge in [-0.1, -0.05) is 42.5 Å². The minimum absolute atomic E-state index is 0.0535. The van der Waals surface area contributed by atoms with E-state index in [9.17, 15) is 27.9 Å². The van der Waals surface area contributed by atoms with Crippen molar-refractivity contribution in [1.29, 1.82) is 0 Å². The maximum Gasteiger partial charge on any atom is 0.434 e. The van der Waals surface area contributed by atoms with Gasteiger partial charge in [-0.25, -0.2) is 9.89 Å². The molecule has 3 atom stereocenters. The number of aromatic nitrogens is 2. The number of hydrogen-bond donors (Lipinski definition) is 4. The van der Waals surface area contributed by atoms with E-state index >= 15 is 0 Å². The van der Waals surface area contributed by atoms with Crippen LogP contribution in [0.3, 0.4) is 0 Å². The number of aliphatic hydroxyl groups excluding tert-OH is 1. The predicted octanol–water partition coefficient (Wildman–Crippen LogP) is 1.52. The molecule has 0 aliphatic carbocycles. The molecule has 31 heavy (non-hydrogen) atoms. The fourth-order valence-electron chi connectivity index (χ4n) is 2.97. The first-order valence-corrected chi connectivity index (χ1v) is 9.15. The van der Waals surface area contributed by atoms with E-state index in [1.54, 1.807) is 30.3 Å². The number of benzene rings is 2. The number of halogens is 3. The number of amides is 1. The quantitative estimate of drug-likeness (QED) is 0.444. The van der Waals surface area contributed by atoms with E-state index in [2.05, 4.69) is 10.4 Å². The number of alkyl halides is 3. The summed E-state index contributed by atoms with van der Waals surface area (Å²) in [6.07, 6.45) is -6.13. The van der Waals surface area contributed by atoms with Gasteiger partial charge in [0, 0.05) is 6.04 Å². The van der Waals surface area contributed by atoms with E-state index in [0.717, 1.165) is 23.8 Å². The van der Waals surface area contributed by atoms with Crippen LogP contribution >= 0.6 is 0 Å². The Kier molecular flexibility index (Phi) is 6.56. The zero-order valence-electron chi connectivity index (χ0n) is 16.0. The molecule has 164 valence electrons. The Balaban J connectivity index is 1.84. The average Bonchev–Trinajstić information content (AvgIpc) is 3.17. The number of carbonyl (C=O) groups is 1. The number of H-pyrrole nitrogens is 1. The third kappa shape index (κ3) is 5.58. The summed E-state index contributed by atoms with van der Waals surface area (Å²) in [5, 5.41) is 18.3. The smallest absolute Gasteiger partial charge is 0.390 e. The summed E-state index contributed by atoms with van der Waals surface area (Å²) in [6, 6.07) is 10.6. The Morgan fingerprint density at radius 2 is 1.90 bits per heavy atom. The molecule has 3 rings (SSSR count). The fourth-order valence-corrected chi connectivity index (χ4v) is 2.97. The summed E-state index contributed by atoms with van der Waals surface area (Å²) in [5.41, 5.74) is 5.70. The molecule has 0 saturated carbocycles. The molecule has 1 aromatic heterocycles. The fraction of sp³-hybridized carbons (Fsp3) is 0.250. The third-order valence-corrected chi connectivity index (χ3v) is 4.52. The normalized spacial score (nSPS) is 14.6. The average molecular weight is 436 g/mol. The second-order valence-electron chi connectivity index (χ2n) is 6.81. The Labute approximate surface area is 173 Å². The number of nitrogens with two attached hydrogens (primary N) is 1. The van der Waals surface area contributed by atoms with E-state index in [-0.39, 0.29) is 17.9 Å². The molecule has 11 heteroatoms. The minimum atomic E-state index is -4.63. The molecular formula is C20H19F3N4O4. The zero-order chi connectivity index (χ0) is 22.6. The van der Waals surface area contributed by atoms with Crippen molar-refractivity contribution in [3.8, 4) is 0 Å². The standard InChI is InChI=1S/C20H19F3N4O4/c21-20(22,23)13-8-4-7-12(10-13)15(18-26-27-19(30)31-18)25-17(29)16(28)14(24)9-11-5-2-1-3-6-11/h1-8,10,14-16,28H,9,24H2,(H,25,29)(H,27,30)/t14-,15?,16+/m1/s1. The predicted molar refractivity (Wildman–Crippen MR) is 103 cm³/mol. The molecule has 5 N–H and O–H groups in total. The van der Waals surface area contributed by atoms with Crippen LogP contribution in [-0.4, -0.2) is 33.4 Å². The highest BCUT2D eigenvalue weighted by atomic mass is 19.4. The van der Waals surface area contributed by atoms with Crippen molar-refractivity contribution in [3.63, 3.8) is 0 Å². The number of aliphatic hydroxyl groups is 1. The highest BCUT2D eigenvalue weighted by molar-refractivity contribution is 5.82. The number of aromatic amines is 1. The summed E-state index contributed by atoms with van der Waals surface area (Å²) < 4.78 is 44.1. The lowest BCUT2D eigenvalue weighted by Crippen LogP contribution is -2.48. The van der Waals surface area contributed by atoms with E-state index in [1.807, 2.05) is 5.10 Å². The van der Waals surface area contributed by atoms with Crippen LogP contribution in [0.1, 0.15) is 28.6 Å². The van der Waals surface area contributed by atoms with Crippen LogP contribution in [0.2, 0.25) is 0 Å². The highest BCUT2D eigenvalue weighted by Crippen LogP contribution is 2.31. The topological polar surface area (TPSA) is 134 Å². The number of nitrogens with zero attached hydrogens (tertiary/aromatic N) is 1. The second-order valence-corrected chi connectivity index (χ2v) is 6.81. The lowest BCUT2D eigenvalue weighted by molar-refractivity contribution is -0.137. The van der Waals surface area contributed by atoms with E-state index < -0.39 is 41.6 Å². The van der Waals surface area contributed by atoms with Crippen LogP contribution in [-0.2, 0) is 17.4 Å². The Morgan fingerprint density at radius 1 is 1.19 bits per heavy atom. The van der Waals surface area contributed by atoms with Crippen LogP contribution < -0.4 is 16.8 Å². The van der Waals surface area contributed by atoms with Crippen LogP contribution in [0.5, 0.6) is 0 Å². The monoisotopic (exact) mass is 436 g/mol. The summed E-state index contributed by atoms with van der Waals surface area (Å²) in [5.74, 6) is -2.29. The number of hydrogen-bond acceptors (Lipinski definition) is 6. The van der Waals surface area contributed by atoms with Crippen LogP contribution in [0.4, 0.5) is 13.2 Å². The molecule has 0 radical (unpaired) electrons. The van der Waals surface area contributed by atoms with Crippen molar-refractivity contribution in [2.45, 2.75) is 30.8 Å². The summed E-state index contributed by atoms with van der Waals surface area (Å²) in [6.45, 7) is 0. The largest absolute Gasteiger partial charge is 0.434 e. The number of carbonyl (C=O) groups excluding carboxylic acids is 1. The molecule has 8 nitrogen and oxygen atoms in total. The SMILES string of the molecule is N[C@H](Cc1ccccc1)[C@H](O)C(=O)NC(c1cccc(C(F)(F)F)c1)c1n[nH]c(=O)o1. The molecule has 2 aromatic carbocycles. The summed E-state index contributed by atoms with van der Waals surface area (Å²) in [4.78, 5) is 23.9. The molecule has 1 unspecified atom stereocenters. The van der Waals surface area contributed by atoms with Gasteiger partial charge in [0.1, 0.15) is 12.1 Å². The lowest BCUT2D eigenvalue weighted by Gasteiger charge is -2.22. The highest BCUT2D eigenvalue weighted by Gasteiger charge is 2.33. The molecule has 0 saturated heterocycles. The van der Waals surface area contributed by atoms with Gasteiger partial charge < -0.3 is 20.6 Å². The second kappa shape index (κ2) is 9.14. The molecule has 0 aliphatic rings. The Morgan fingerprint density at radius 3 is 2.52 bits per heavy atom. The van der Waals surface area contributed by atoms with Crippen molar-refractivity contribution in [3.05, 3.63) is 87.7 Å². The van der Waals surface area contributed by atoms with Crippen molar-refractivity contribution < 1.29 is 27.5 Å². The van der Waals surface area contributed by atoms with Gasteiger partial charge in [0.25, 0.3) is 5.91 Å². The number of rotatable bonds is 7. The lowest BCUT2D eigenvalue weighted by atomic mass is 10.00. The van der Waals surface area contributed by atoms with Crippen molar-refractivity contribution in [2.24, 2.45) is 5.73 Å². The molecule has 3 aromatic rings. The van der Waals surface area contributed by atoms with Gasteiger partial charge in [-0.3, -0.25) is 4.79 Å². The summed E-state index contributed by atoms with van der Waals surface area (Å²) in [7, 11) is 0. The van der Waals surface area contributed by atoms with Gasteiger partial charge in [-0.15, -0.1) is 5.10 Å². The molecule has 0 fully saturated rings. The third-order valence-electron chi connectivity index (χ3n) is 4.52. The molecule has 0 spiro atoms. The first-order valence-electron chi connectivity index (χ1n) is 9.15. The van der Waals surface area contributed by atoms with Gasteiger partial charge in [0.2, 0.25) is 5.89 Å². The minimum Gasteiger partial charge on any atom is -0.390 e.